The Morgan fingerprint density at radius 1 is 1.00 bits per heavy atom. The molecule has 1 saturated carbocycles. The standard InChI is InChI=1S/C31H35F3N8O2/c1-40-12-14-41(15-13-40)22-7-9-23(10-8-22)42-29-26(28(35)36-18-37-29)27(39-42)19-6-11-24(25(17-19)44-2)38-30(43)20-4-3-5-21(16-20)31(32,33)34/h3-6,11,16-18,22-23H,7-10,12-15H2,1-2H3,(H,38,43)(H2,35,36,37)/t22-,23+. The fourth-order valence-electron chi connectivity index (χ4n) is 6.28. The van der Waals surface area contributed by atoms with Crippen LogP contribution in [0.15, 0.2) is 48.8 Å². The summed E-state index contributed by atoms with van der Waals surface area (Å²) in [5.74, 6) is -0.0707. The van der Waals surface area contributed by atoms with Gasteiger partial charge in [0.2, 0.25) is 0 Å². The van der Waals surface area contributed by atoms with Gasteiger partial charge in [0.05, 0.1) is 29.8 Å². The summed E-state index contributed by atoms with van der Waals surface area (Å²) in [6.45, 7) is 4.40. The largest absolute Gasteiger partial charge is 0.495 e. The number of ether oxygens (including phenoxy) is 1. The third-order valence-electron chi connectivity index (χ3n) is 8.76. The number of aromatic nitrogens is 4. The Morgan fingerprint density at radius 2 is 1.73 bits per heavy atom. The minimum Gasteiger partial charge on any atom is -0.495 e. The lowest BCUT2D eigenvalue weighted by Crippen LogP contribution is -2.49. The highest BCUT2D eigenvalue weighted by atomic mass is 19.4. The number of anilines is 2. The molecule has 13 heteroatoms. The van der Waals surface area contributed by atoms with Crippen molar-refractivity contribution in [2.24, 2.45) is 0 Å². The Hall–Kier alpha value is -4.23. The summed E-state index contributed by atoms with van der Waals surface area (Å²) < 4.78 is 47.0. The summed E-state index contributed by atoms with van der Waals surface area (Å²) in [6, 6.07) is 10.1. The van der Waals surface area contributed by atoms with E-state index in [1.165, 1.54) is 25.6 Å². The number of nitrogens with one attached hydrogen (secondary N) is 1. The fourth-order valence-corrected chi connectivity index (χ4v) is 6.28. The fraction of sp³-hybridized carbons (Fsp3) is 0.419. The quantitative estimate of drug-likeness (QED) is 0.311. The molecule has 0 bridgehead atoms. The summed E-state index contributed by atoms with van der Waals surface area (Å²) in [4.78, 5) is 26.6. The molecule has 2 aromatic carbocycles. The van der Waals surface area contributed by atoms with Gasteiger partial charge >= 0.3 is 6.18 Å². The lowest BCUT2D eigenvalue weighted by atomic mass is 9.90. The molecule has 6 rings (SSSR count). The van der Waals surface area contributed by atoms with Crippen LogP contribution in [0.25, 0.3) is 22.3 Å². The Labute approximate surface area is 253 Å². The van der Waals surface area contributed by atoms with Crippen LogP contribution in [0.5, 0.6) is 5.75 Å². The lowest BCUT2D eigenvalue weighted by Gasteiger charge is -2.41. The van der Waals surface area contributed by atoms with E-state index in [1.807, 2.05) is 4.68 Å². The lowest BCUT2D eigenvalue weighted by molar-refractivity contribution is -0.137. The van der Waals surface area contributed by atoms with E-state index in [9.17, 15) is 18.0 Å². The highest BCUT2D eigenvalue weighted by molar-refractivity contribution is 6.05. The van der Waals surface area contributed by atoms with E-state index in [0.29, 0.717) is 45.6 Å². The molecule has 0 radical (unpaired) electrons. The van der Waals surface area contributed by atoms with E-state index in [0.717, 1.165) is 64.0 Å². The molecule has 0 unspecified atom stereocenters. The number of carbonyl (C=O) groups is 1. The second-order valence-corrected chi connectivity index (χ2v) is 11.5. The van der Waals surface area contributed by atoms with Crippen LogP contribution in [0.4, 0.5) is 24.7 Å². The van der Waals surface area contributed by atoms with Gasteiger partial charge in [0, 0.05) is 43.3 Å². The minimum atomic E-state index is -4.56. The first kappa shape index (κ1) is 29.8. The molecule has 0 atom stereocenters. The van der Waals surface area contributed by atoms with Crippen molar-refractivity contribution in [2.75, 3.05) is 51.4 Å². The molecule has 2 aromatic heterocycles. The monoisotopic (exact) mass is 608 g/mol. The smallest absolute Gasteiger partial charge is 0.416 e. The number of nitrogen functional groups attached to an aromatic ring is 1. The van der Waals surface area contributed by atoms with E-state index in [1.54, 1.807) is 18.2 Å². The van der Waals surface area contributed by atoms with Gasteiger partial charge in [-0.2, -0.15) is 18.3 Å². The maximum Gasteiger partial charge on any atom is 0.416 e. The molecule has 1 aliphatic heterocycles. The van der Waals surface area contributed by atoms with Crippen LogP contribution in [0, 0.1) is 0 Å². The van der Waals surface area contributed by atoms with Crippen LogP contribution in [-0.4, -0.2) is 81.8 Å². The molecule has 3 N–H and O–H groups in total. The van der Waals surface area contributed by atoms with Crippen molar-refractivity contribution in [2.45, 2.75) is 43.9 Å². The molecule has 10 nitrogen and oxygen atoms in total. The number of piperazine rings is 1. The third kappa shape index (κ3) is 5.93. The van der Waals surface area contributed by atoms with Gasteiger partial charge in [0.25, 0.3) is 5.91 Å². The van der Waals surface area contributed by atoms with Crippen LogP contribution in [0.1, 0.15) is 47.6 Å². The van der Waals surface area contributed by atoms with Crippen LogP contribution in [-0.2, 0) is 6.18 Å². The van der Waals surface area contributed by atoms with Crippen molar-refractivity contribution >= 4 is 28.4 Å². The summed E-state index contributed by atoms with van der Waals surface area (Å²) in [5, 5.41) is 8.30. The minimum absolute atomic E-state index is 0.122. The van der Waals surface area contributed by atoms with Crippen molar-refractivity contribution in [3.8, 4) is 17.0 Å². The molecule has 2 fully saturated rings. The van der Waals surface area contributed by atoms with Crippen molar-refractivity contribution in [1.82, 2.24) is 29.5 Å². The van der Waals surface area contributed by atoms with Crippen LogP contribution >= 0.6 is 0 Å². The molecule has 4 aromatic rings. The van der Waals surface area contributed by atoms with E-state index in [2.05, 4.69) is 32.1 Å². The first-order chi connectivity index (χ1) is 21.1. The molecule has 232 valence electrons. The first-order valence-corrected chi connectivity index (χ1v) is 14.7. The number of fused-ring (bicyclic) bond motifs is 1. The number of methoxy groups -OCH3 is 1. The average molecular weight is 609 g/mol. The van der Waals surface area contributed by atoms with E-state index in [-0.39, 0.29) is 11.6 Å². The molecular formula is C31H35F3N8O2. The number of nitrogens with zero attached hydrogens (tertiary/aromatic N) is 6. The maximum atomic E-state index is 13.2. The third-order valence-corrected chi connectivity index (χ3v) is 8.76. The van der Waals surface area contributed by atoms with Gasteiger partial charge in [-0.15, -0.1) is 0 Å². The van der Waals surface area contributed by atoms with Gasteiger partial charge in [-0.3, -0.25) is 9.69 Å². The summed E-state index contributed by atoms with van der Waals surface area (Å²) in [7, 11) is 3.62. The number of hydrogen-bond donors (Lipinski definition) is 2. The normalized spacial score (nSPS) is 20.1. The number of rotatable bonds is 6. The zero-order chi connectivity index (χ0) is 31.0. The van der Waals surface area contributed by atoms with Crippen LogP contribution < -0.4 is 15.8 Å². The zero-order valence-electron chi connectivity index (χ0n) is 24.6. The highest BCUT2D eigenvalue weighted by Crippen LogP contribution is 2.39. The highest BCUT2D eigenvalue weighted by Gasteiger charge is 2.32. The van der Waals surface area contributed by atoms with E-state index >= 15 is 0 Å². The second kappa shape index (κ2) is 12.0. The van der Waals surface area contributed by atoms with Gasteiger partial charge in [0.15, 0.2) is 5.65 Å². The van der Waals surface area contributed by atoms with Gasteiger partial charge in [0.1, 0.15) is 23.6 Å². The number of hydrogen-bond acceptors (Lipinski definition) is 8. The Morgan fingerprint density at radius 3 is 2.43 bits per heavy atom. The molecule has 1 saturated heterocycles. The molecule has 44 heavy (non-hydrogen) atoms. The number of benzene rings is 2. The maximum absolute atomic E-state index is 13.2. The molecule has 2 aliphatic rings. The second-order valence-electron chi connectivity index (χ2n) is 11.5. The predicted molar refractivity (Wildman–Crippen MR) is 161 cm³/mol. The Bertz CT molecular complexity index is 1660. The van der Waals surface area contributed by atoms with Crippen LogP contribution in [0.3, 0.4) is 0 Å². The number of carbonyl (C=O) groups excluding carboxylic acids is 1. The van der Waals surface area contributed by atoms with E-state index < -0.39 is 17.6 Å². The van der Waals surface area contributed by atoms with Crippen molar-refractivity contribution in [3.05, 3.63) is 59.9 Å². The summed E-state index contributed by atoms with van der Waals surface area (Å²) in [6.07, 6.45) is 1.00. The molecule has 1 aliphatic carbocycles. The van der Waals surface area contributed by atoms with Gasteiger partial charge < -0.3 is 20.7 Å². The average Bonchev–Trinajstić information content (AvgIpc) is 3.42. The predicted octanol–water partition coefficient (Wildman–Crippen LogP) is 5.09. The number of alkyl halides is 3. The van der Waals surface area contributed by atoms with Crippen molar-refractivity contribution < 1.29 is 22.7 Å². The van der Waals surface area contributed by atoms with E-state index in [4.69, 9.17) is 15.6 Å². The van der Waals surface area contributed by atoms with Gasteiger partial charge in [-0.05, 0) is 63.1 Å². The summed E-state index contributed by atoms with van der Waals surface area (Å²) >= 11 is 0. The van der Waals surface area contributed by atoms with Gasteiger partial charge in [-0.1, -0.05) is 12.1 Å². The Balaban J connectivity index is 1.25. The van der Waals surface area contributed by atoms with Crippen LogP contribution in [0.2, 0.25) is 0 Å². The zero-order valence-corrected chi connectivity index (χ0v) is 24.6. The molecular weight excluding hydrogens is 573 g/mol. The first-order valence-electron chi connectivity index (χ1n) is 14.7. The number of likely N-dealkylation sites (N-methyl/N-ethyl adjacent to an activating group) is 1. The SMILES string of the molecule is COc1cc(-c2nn([C@H]3CC[C@@H](N4CCN(C)CC4)CC3)c3ncnc(N)c23)ccc1NC(=O)c1cccc(C(F)(F)F)c1. The summed E-state index contributed by atoms with van der Waals surface area (Å²) in [5.41, 5.74) is 7.57. The molecule has 1 amide bonds. The number of halogens is 3. The molecule has 0 spiro atoms. The number of nitrogens with two attached hydrogens (primary N) is 1. The van der Waals surface area contributed by atoms with Crippen molar-refractivity contribution in [3.63, 3.8) is 0 Å². The number of amides is 1. The topological polar surface area (TPSA) is 114 Å². The van der Waals surface area contributed by atoms with Gasteiger partial charge in [-0.25, -0.2) is 14.6 Å². The van der Waals surface area contributed by atoms with Crippen molar-refractivity contribution in [1.29, 1.82) is 0 Å². The molecule has 3 heterocycles. The Kier molecular flexibility index (Phi) is 8.16.